The summed E-state index contributed by atoms with van der Waals surface area (Å²) in [6.45, 7) is 5.42. The van der Waals surface area contributed by atoms with Crippen LogP contribution in [0.5, 0.6) is 0 Å². The predicted octanol–water partition coefficient (Wildman–Crippen LogP) is 3.02. The second kappa shape index (κ2) is 5.74. The number of aromatic nitrogens is 1. The smallest absolute Gasteiger partial charge is 0.228 e. The van der Waals surface area contributed by atoms with Crippen LogP contribution in [-0.2, 0) is 11.2 Å². The van der Waals surface area contributed by atoms with Crippen LogP contribution in [0.4, 0.5) is 5.69 Å². The summed E-state index contributed by atoms with van der Waals surface area (Å²) >= 11 is 0. The van der Waals surface area contributed by atoms with Crippen molar-refractivity contribution in [3.05, 3.63) is 52.8 Å². The summed E-state index contributed by atoms with van der Waals surface area (Å²) in [5.74, 6) is -0.106. The van der Waals surface area contributed by atoms with Gasteiger partial charge >= 0.3 is 0 Å². The molecule has 0 fully saturated rings. The summed E-state index contributed by atoms with van der Waals surface area (Å²) < 4.78 is 0. The molecule has 2 aromatic rings. The van der Waals surface area contributed by atoms with Gasteiger partial charge in [-0.25, -0.2) is 0 Å². The molecule has 4 nitrogen and oxygen atoms in total. The zero-order valence-corrected chi connectivity index (χ0v) is 11.9. The second-order valence-corrected chi connectivity index (χ2v) is 4.96. The predicted molar refractivity (Wildman–Crippen MR) is 79.0 cm³/mol. The van der Waals surface area contributed by atoms with Crippen molar-refractivity contribution >= 4 is 17.4 Å². The van der Waals surface area contributed by atoms with Crippen molar-refractivity contribution in [1.82, 2.24) is 4.98 Å². The maximum absolute atomic E-state index is 12.0. The van der Waals surface area contributed by atoms with Crippen LogP contribution in [0.1, 0.15) is 34.2 Å². The third-order valence-corrected chi connectivity index (χ3v) is 3.16. The molecule has 4 heteroatoms. The molecule has 0 radical (unpaired) electrons. The van der Waals surface area contributed by atoms with Crippen LogP contribution < -0.4 is 5.32 Å². The number of carbonyl (C=O) groups is 2. The molecule has 0 aliphatic carbocycles. The molecular weight excluding hydrogens is 252 g/mol. The second-order valence-electron chi connectivity index (χ2n) is 4.96. The SMILES string of the molecule is CC(=O)c1cccc(NC(=O)Cc2cc(C)[nH]c2C)c1. The molecular formula is C16H18N2O2. The van der Waals surface area contributed by atoms with Crippen molar-refractivity contribution in [1.29, 1.82) is 0 Å². The monoisotopic (exact) mass is 270 g/mol. The van der Waals surface area contributed by atoms with Gasteiger partial charge in [0.1, 0.15) is 0 Å². The summed E-state index contributed by atoms with van der Waals surface area (Å²) in [6, 6.07) is 8.94. The Morgan fingerprint density at radius 2 is 1.95 bits per heavy atom. The minimum Gasteiger partial charge on any atom is -0.362 e. The number of nitrogens with one attached hydrogen (secondary N) is 2. The largest absolute Gasteiger partial charge is 0.362 e. The highest BCUT2D eigenvalue weighted by Gasteiger charge is 2.09. The van der Waals surface area contributed by atoms with E-state index in [9.17, 15) is 9.59 Å². The Balaban J connectivity index is 2.06. The van der Waals surface area contributed by atoms with E-state index in [-0.39, 0.29) is 11.7 Å². The average molecular weight is 270 g/mol. The Bertz CT molecular complexity index is 656. The fourth-order valence-electron chi connectivity index (χ4n) is 2.16. The molecule has 2 N–H and O–H groups in total. The zero-order chi connectivity index (χ0) is 14.7. The van der Waals surface area contributed by atoms with Gasteiger partial charge in [0.25, 0.3) is 0 Å². The van der Waals surface area contributed by atoms with E-state index in [1.165, 1.54) is 6.92 Å². The normalized spacial score (nSPS) is 10.3. The summed E-state index contributed by atoms with van der Waals surface area (Å²) in [5, 5.41) is 2.82. The highest BCUT2D eigenvalue weighted by molar-refractivity contribution is 5.97. The molecule has 1 aromatic carbocycles. The van der Waals surface area contributed by atoms with Crippen molar-refractivity contribution in [2.45, 2.75) is 27.2 Å². The first-order chi connectivity index (χ1) is 9.45. The van der Waals surface area contributed by atoms with Crippen molar-refractivity contribution in [3.63, 3.8) is 0 Å². The molecule has 0 bridgehead atoms. The molecule has 0 saturated carbocycles. The quantitative estimate of drug-likeness (QED) is 0.839. The van der Waals surface area contributed by atoms with Gasteiger partial charge in [-0.15, -0.1) is 0 Å². The van der Waals surface area contributed by atoms with Gasteiger partial charge in [0.05, 0.1) is 6.42 Å². The van der Waals surface area contributed by atoms with Crippen LogP contribution >= 0.6 is 0 Å². The minimum absolute atomic E-state index is 0.0156. The number of H-pyrrole nitrogens is 1. The number of Topliss-reactive ketones (excluding diaryl/α,β-unsaturated/α-hetero) is 1. The number of ketones is 1. The number of hydrogen-bond acceptors (Lipinski definition) is 2. The van der Waals surface area contributed by atoms with E-state index in [1.54, 1.807) is 24.3 Å². The van der Waals surface area contributed by atoms with Crippen molar-refractivity contribution in [2.24, 2.45) is 0 Å². The Hall–Kier alpha value is -2.36. The third-order valence-electron chi connectivity index (χ3n) is 3.16. The standard InChI is InChI=1S/C16H18N2O2/c1-10-7-14(11(2)17-10)9-16(20)18-15-6-4-5-13(8-15)12(3)19/h4-8,17H,9H2,1-3H3,(H,18,20). The van der Waals surface area contributed by atoms with Gasteiger partial charge in [0.15, 0.2) is 5.78 Å². The third kappa shape index (κ3) is 3.35. The van der Waals surface area contributed by atoms with E-state index in [2.05, 4.69) is 10.3 Å². The van der Waals surface area contributed by atoms with Gasteiger partial charge in [-0.2, -0.15) is 0 Å². The first kappa shape index (κ1) is 14.1. The molecule has 2 rings (SSSR count). The van der Waals surface area contributed by atoms with Crippen molar-refractivity contribution in [3.8, 4) is 0 Å². The Morgan fingerprint density at radius 3 is 2.55 bits per heavy atom. The molecule has 0 aliphatic heterocycles. The summed E-state index contributed by atoms with van der Waals surface area (Å²) in [6.07, 6.45) is 0.320. The van der Waals surface area contributed by atoms with Crippen molar-refractivity contribution in [2.75, 3.05) is 5.32 Å². The van der Waals surface area contributed by atoms with Crippen LogP contribution in [0.25, 0.3) is 0 Å². The van der Waals surface area contributed by atoms with E-state index in [0.717, 1.165) is 17.0 Å². The topological polar surface area (TPSA) is 62.0 Å². The number of benzene rings is 1. The van der Waals surface area contributed by atoms with E-state index >= 15 is 0 Å². The van der Waals surface area contributed by atoms with Gasteiger partial charge in [-0.05, 0) is 44.5 Å². The van der Waals surface area contributed by atoms with E-state index in [0.29, 0.717) is 17.7 Å². The molecule has 1 aromatic heterocycles. The van der Waals surface area contributed by atoms with Gasteiger partial charge in [0.2, 0.25) is 5.91 Å². The Morgan fingerprint density at radius 1 is 1.20 bits per heavy atom. The van der Waals surface area contributed by atoms with Gasteiger partial charge in [0, 0.05) is 22.6 Å². The van der Waals surface area contributed by atoms with Gasteiger partial charge in [-0.1, -0.05) is 12.1 Å². The first-order valence-corrected chi connectivity index (χ1v) is 6.51. The van der Waals surface area contributed by atoms with Crippen LogP contribution in [0.2, 0.25) is 0 Å². The summed E-state index contributed by atoms with van der Waals surface area (Å²) in [7, 11) is 0. The molecule has 1 amide bonds. The molecule has 20 heavy (non-hydrogen) atoms. The summed E-state index contributed by atoms with van der Waals surface area (Å²) in [5.41, 5.74) is 4.28. The molecule has 1 heterocycles. The van der Waals surface area contributed by atoms with Crippen LogP contribution in [0, 0.1) is 13.8 Å². The number of amides is 1. The number of anilines is 1. The molecule has 0 aliphatic rings. The lowest BCUT2D eigenvalue weighted by atomic mass is 10.1. The van der Waals surface area contributed by atoms with Crippen LogP contribution in [-0.4, -0.2) is 16.7 Å². The molecule has 0 saturated heterocycles. The fourth-order valence-corrected chi connectivity index (χ4v) is 2.16. The van der Waals surface area contributed by atoms with E-state index < -0.39 is 0 Å². The van der Waals surface area contributed by atoms with Gasteiger partial charge < -0.3 is 10.3 Å². The van der Waals surface area contributed by atoms with Crippen LogP contribution in [0.15, 0.2) is 30.3 Å². The Kier molecular flexibility index (Phi) is 4.03. The van der Waals surface area contributed by atoms with Gasteiger partial charge in [-0.3, -0.25) is 9.59 Å². The fraction of sp³-hybridized carbons (Fsp3) is 0.250. The Labute approximate surface area is 118 Å². The lowest BCUT2D eigenvalue weighted by Crippen LogP contribution is -2.14. The highest BCUT2D eigenvalue weighted by atomic mass is 16.1. The maximum Gasteiger partial charge on any atom is 0.228 e. The highest BCUT2D eigenvalue weighted by Crippen LogP contribution is 2.14. The zero-order valence-electron chi connectivity index (χ0n) is 11.9. The lowest BCUT2D eigenvalue weighted by Gasteiger charge is -2.06. The molecule has 0 atom stereocenters. The first-order valence-electron chi connectivity index (χ1n) is 6.51. The maximum atomic E-state index is 12.0. The average Bonchev–Trinajstić information content (AvgIpc) is 2.67. The number of hydrogen-bond donors (Lipinski definition) is 2. The van der Waals surface area contributed by atoms with E-state index in [4.69, 9.17) is 0 Å². The number of rotatable bonds is 4. The summed E-state index contributed by atoms with van der Waals surface area (Å²) in [4.78, 5) is 26.5. The lowest BCUT2D eigenvalue weighted by molar-refractivity contribution is -0.115. The molecule has 0 unspecified atom stereocenters. The number of aromatic amines is 1. The van der Waals surface area contributed by atoms with E-state index in [1.807, 2.05) is 19.9 Å². The van der Waals surface area contributed by atoms with Crippen LogP contribution in [0.3, 0.4) is 0 Å². The molecule has 0 spiro atoms. The number of carbonyl (C=O) groups excluding carboxylic acids is 2. The minimum atomic E-state index is -0.0900. The number of aryl methyl sites for hydroxylation is 2. The van der Waals surface area contributed by atoms with Crippen molar-refractivity contribution < 1.29 is 9.59 Å². The molecule has 104 valence electrons.